The summed E-state index contributed by atoms with van der Waals surface area (Å²) < 4.78 is 19.0. The van der Waals surface area contributed by atoms with E-state index in [2.05, 4.69) is 26.7 Å². The number of guanidine groups is 1. The van der Waals surface area contributed by atoms with E-state index in [1.165, 1.54) is 17.0 Å². The molecule has 0 unspecified atom stereocenters. The third-order valence-corrected chi connectivity index (χ3v) is 4.47. The predicted octanol–water partition coefficient (Wildman–Crippen LogP) is 3.72. The number of ether oxygens (including phenoxy) is 1. The second-order valence-corrected chi connectivity index (χ2v) is 6.52. The van der Waals surface area contributed by atoms with E-state index in [9.17, 15) is 4.39 Å². The van der Waals surface area contributed by atoms with E-state index in [0.29, 0.717) is 24.1 Å². The molecule has 0 saturated carbocycles. The Morgan fingerprint density at radius 1 is 1.23 bits per heavy atom. The Hall–Kier alpha value is -2.93. The number of hydrogen-bond donors (Lipinski definition) is 2. The van der Waals surface area contributed by atoms with Crippen LogP contribution < -0.4 is 15.8 Å². The van der Waals surface area contributed by atoms with Gasteiger partial charge in [0, 0.05) is 29.2 Å². The molecule has 0 spiro atoms. The Labute approximate surface area is 155 Å². The van der Waals surface area contributed by atoms with Gasteiger partial charge in [-0.25, -0.2) is 14.4 Å². The Morgan fingerprint density at radius 2 is 2.15 bits per heavy atom. The maximum Gasteiger partial charge on any atom is 0.224 e. The number of nitrogens with zero attached hydrogens (tertiary/aromatic N) is 2. The van der Waals surface area contributed by atoms with Crippen LogP contribution >= 0.6 is 11.3 Å². The van der Waals surface area contributed by atoms with Crippen LogP contribution in [0.15, 0.2) is 65.1 Å². The highest BCUT2D eigenvalue weighted by Gasteiger charge is 2.07. The minimum absolute atomic E-state index is 0.316. The molecule has 2 heterocycles. The Balaban J connectivity index is 1.58. The number of nitrogens with one attached hydrogen (secondary N) is 1. The molecule has 7 heteroatoms. The first-order valence-corrected chi connectivity index (χ1v) is 9.02. The van der Waals surface area contributed by atoms with Gasteiger partial charge in [-0.15, -0.1) is 11.3 Å². The zero-order valence-electron chi connectivity index (χ0n) is 14.1. The van der Waals surface area contributed by atoms with Crippen molar-refractivity contribution in [1.29, 1.82) is 0 Å². The van der Waals surface area contributed by atoms with Crippen molar-refractivity contribution in [1.82, 2.24) is 10.3 Å². The lowest BCUT2D eigenvalue weighted by molar-refractivity contribution is 0.452. The fraction of sp³-hybridized carbons (Fsp3) is 0.158. The fourth-order valence-electron chi connectivity index (χ4n) is 2.27. The monoisotopic (exact) mass is 370 g/mol. The molecule has 2 aromatic heterocycles. The molecule has 134 valence electrons. The molecule has 26 heavy (non-hydrogen) atoms. The zero-order chi connectivity index (χ0) is 18.2. The fourth-order valence-corrected chi connectivity index (χ4v) is 2.98. The van der Waals surface area contributed by atoms with E-state index in [1.54, 1.807) is 35.7 Å². The van der Waals surface area contributed by atoms with Crippen LogP contribution in [-0.4, -0.2) is 17.5 Å². The highest BCUT2D eigenvalue weighted by Crippen LogP contribution is 2.23. The van der Waals surface area contributed by atoms with Crippen molar-refractivity contribution in [3.05, 3.63) is 76.4 Å². The normalized spacial score (nSPS) is 11.3. The molecule has 0 aliphatic rings. The molecule has 0 aliphatic carbocycles. The van der Waals surface area contributed by atoms with Crippen LogP contribution in [0.2, 0.25) is 0 Å². The van der Waals surface area contributed by atoms with Crippen molar-refractivity contribution < 1.29 is 9.13 Å². The standard InChI is InChI=1S/C19H19FN4OS/c20-15-5-1-6-16(12-15)25-18-14(4-2-9-22-18)13-24-19(21)23-10-8-17-7-3-11-26-17/h1-7,9,11-12H,8,10,13H2,(H3,21,23,24). The molecule has 3 N–H and O–H groups in total. The van der Waals surface area contributed by atoms with Gasteiger partial charge in [0.25, 0.3) is 0 Å². The van der Waals surface area contributed by atoms with Gasteiger partial charge in [0.15, 0.2) is 5.96 Å². The first-order valence-electron chi connectivity index (χ1n) is 8.14. The first kappa shape index (κ1) is 17.9. The van der Waals surface area contributed by atoms with E-state index in [0.717, 1.165) is 18.5 Å². The van der Waals surface area contributed by atoms with Crippen molar-refractivity contribution in [2.75, 3.05) is 6.54 Å². The third kappa shape index (κ3) is 5.29. The molecule has 5 nitrogen and oxygen atoms in total. The number of aliphatic imine (C=N–C) groups is 1. The second kappa shape index (κ2) is 8.96. The van der Waals surface area contributed by atoms with Gasteiger partial charge in [0.1, 0.15) is 11.6 Å². The number of aromatic nitrogens is 1. The minimum Gasteiger partial charge on any atom is -0.439 e. The largest absolute Gasteiger partial charge is 0.439 e. The second-order valence-electron chi connectivity index (χ2n) is 5.48. The summed E-state index contributed by atoms with van der Waals surface area (Å²) in [7, 11) is 0. The number of pyridine rings is 1. The van der Waals surface area contributed by atoms with E-state index in [1.807, 2.05) is 12.1 Å². The number of thiophene rings is 1. The summed E-state index contributed by atoms with van der Waals surface area (Å²) in [5.41, 5.74) is 6.68. The molecule has 0 radical (unpaired) electrons. The van der Waals surface area contributed by atoms with Gasteiger partial charge in [-0.2, -0.15) is 0 Å². The lowest BCUT2D eigenvalue weighted by Crippen LogP contribution is -2.33. The number of hydrogen-bond acceptors (Lipinski definition) is 4. The number of nitrogens with two attached hydrogens (primary N) is 1. The van der Waals surface area contributed by atoms with Gasteiger partial charge in [0.05, 0.1) is 6.54 Å². The molecule has 3 rings (SSSR count). The SMILES string of the molecule is NC(=NCc1cccnc1Oc1cccc(F)c1)NCCc1cccs1. The number of halogens is 1. The van der Waals surface area contributed by atoms with Gasteiger partial charge in [-0.1, -0.05) is 18.2 Å². The summed E-state index contributed by atoms with van der Waals surface area (Å²) in [6.45, 7) is 1.03. The Bertz CT molecular complexity index is 867. The van der Waals surface area contributed by atoms with Gasteiger partial charge in [0.2, 0.25) is 5.88 Å². The molecule has 0 saturated heterocycles. The molecule has 0 atom stereocenters. The number of benzene rings is 1. The van der Waals surface area contributed by atoms with Crippen molar-refractivity contribution in [2.45, 2.75) is 13.0 Å². The van der Waals surface area contributed by atoms with Crippen LogP contribution in [0.5, 0.6) is 11.6 Å². The van der Waals surface area contributed by atoms with Crippen LogP contribution in [0, 0.1) is 5.82 Å². The third-order valence-electron chi connectivity index (χ3n) is 3.54. The zero-order valence-corrected chi connectivity index (χ0v) is 14.9. The van der Waals surface area contributed by atoms with Crippen molar-refractivity contribution in [2.24, 2.45) is 10.7 Å². The van der Waals surface area contributed by atoms with Crippen LogP contribution in [-0.2, 0) is 13.0 Å². The average Bonchev–Trinajstić information content (AvgIpc) is 3.14. The summed E-state index contributed by atoms with van der Waals surface area (Å²) in [6.07, 6.45) is 2.51. The average molecular weight is 370 g/mol. The van der Waals surface area contributed by atoms with Crippen molar-refractivity contribution >= 4 is 17.3 Å². The Kier molecular flexibility index (Phi) is 6.16. The summed E-state index contributed by atoms with van der Waals surface area (Å²) in [5.74, 6) is 0.767. The first-order chi connectivity index (χ1) is 12.7. The molecule has 0 aliphatic heterocycles. The molecule has 0 fully saturated rings. The summed E-state index contributed by atoms with van der Waals surface area (Å²) >= 11 is 1.72. The van der Waals surface area contributed by atoms with Crippen LogP contribution in [0.1, 0.15) is 10.4 Å². The van der Waals surface area contributed by atoms with Gasteiger partial charge < -0.3 is 15.8 Å². The summed E-state index contributed by atoms with van der Waals surface area (Å²) in [4.78, 5) is 9.82. The van der Waals surface area contributed by atoms with Crippen LogP contribution in [0.3, 0.4) is 0 Å². The molecule has 0 amide bonds. The van der Waals surface area contributed by atoms with E-state index < -0.39 is 0 Å². The summed E-state index contributed by atoms with van der Waals surface area (Å²) in [6, 6.07) is 13.7. The minimum atomic E-state index is -0.364. The van der Waals surface area contributed by atoms with Gasteiger partial charge in [-0.05, 0) is 36.1 Å². The topological polar surface area (TPSA) is 72.5 Å². The smallest absolute Gasteiger partial charge is 0.224 e. The highest BCUT2D eigenvalue weighted by atomic mass is 32.1. The van der Waals surface area contributed by atoms with Crippen molar-refractivity contribution in [3.8, 4) is 11.6 Å². The summed E-state index contributed by atoms with van der Waals surface area (Å²) in [5, 5.41) is 5.14. The van der Waals surface area contributed by atoms with Gasteiger partial charge in [-0.3, -0.25) is 0 Å². The molecular weight excluding hydrogens is 351 g/mol. The Morgan fingerprint density at radius 3 is 2.96 bits per heavy atom. The lowest BCUT2D eigenvalue weighted by Gasteiger charge is -2.09. The molecular formula is C19H19FN4OS. The maximum absolute atomic E-state index is 13.3. The maximum atomic E-state index is 13.3. The number of rotatable bonds is 7. The van der Waals surface area contributed by atoms with Gasteiger partial charge >= 0.3 is 0 Å². The van der Waals surface area contributed by atoms with E-state index >= 15 is 0 Å². The van der Waals surface area contributed by atoms with Crippen LogP contribution in [0.4, 0.5) is 4.39 Å². The molecule has 3 aromatic rings. The molecule has 0 bridgehead atoms. The van der Waals surface area contributed by atoms with E-state index in [-0.39, 0.29) is 5.82 Å². The van der Waals surface area contributed by atoms with Crippen molar-refractivity contribution in [3.63, 3.8) is 0 Å². The predicted molar refractivity (Wildman–Crippen MR) is 102 cm³/mol. The van der Waals surface area contributed by atoms with E-state index in [4.69, 9.17) is 10.5 Å². The van der Waals surface area contributed by atoms with Crippen LogP contribution in [0.25, 0.3) is 0 Å². The highest BCUT2D eigenvalue weighted by molar-refractivity contribution is 7.09. The molecule has 1 aromatic carbocycles. The lowest BCUT2D eigenvalue weighted by atomic mass is 10.2. The quantitative estimate of drug-likeness (QED) is 0.491.